The van der Waals surface area contributed by atoms with Crippen LogP contribution in [0.3, 0.4) is 0 Å². The van der Waals surface area contributed by atoms with Crippen LogP contribution in [0.5, 0.6) is 0 Å². The summed E-state index contributed by atoms with van der Waals surface area (Å²) in [6.07, 6.45) is 7.94. The average Bonchev–Trinajstić information content (AvgIpc) is 3.12. The summed E-state index contributed by atoms with van der Waals surface area (Å²) in [7, 11) is 1.93. The molecule has 3 aromatic rings. The molecule has 1 aliphatic rings. The van der Waals surface area contributed by atoms with Gasteiger partial charge in [-0.2, -0.15) is 10.2 Å². The zero-order valence-electron chi connectivity index (χ0n) is 13.3. The van der Waals surface area contributed by atoms with E-state index in [9.17, 15) is 0 Å². The van der Waals surface area contributed by atoms with Crippen molar-refractivity contribution in [2.24, 2.45) is 7.05 Å². The molecule has 1 saturated heterocycles. The largest absolute Gasteiger partial charge is 0.366 e. The third kappa shape index (κ3) is 2.92. The Morgan fingerprint density at radius 3 is 2.74 bits per heavy atom. The highest BCUT2D eigenvalue weighted by Crippen LogP contribution is 2.26. The third-order valence-electron chi connectivity index (χ3n) is 4.24. The number of fused-ring (bicyclic) bond motifs is 1. The SMILES string of the molecule is C[C@@H]1CN(c2cnn3cc(-c4cnn(C)c4)ccc23)CCN1.Cl. The van der Waals surface area contributed by atoms with Gasteiger partial charge in [0.2, 0.25) is 0 Å². The normalized spacial score (nSPS) is 18.2. The van der Waals surface area contributed by atoms with Crippen molar-refractivity contribution in [3.05, 3.63) is 36.9 Å². The molecular weight excluding hydrogens is 312 g/mol. The first-order valence-corrected chi connectivity index (χ1v) is 7.65. The van der Waals surface area contributed by atoms with E-state index in [4.69, 9.17) is 0 Å². The van der Waals surface area contributed by atoms with E-state index in [0.717, 1.165) is 36.3 Å². The molecule has 6 nitrogen and oxygen atoms in total. The molecule has 1 N–H and O–H groups in total. The molecule has 0 saturated carbocycles. The Balaban J connectivity index is 0.00000156. The third-order valence-corrected chi connectivity index (χ3v) is 4.24. The summed E-state index contributed by atoms with van der Waals surface area (Å²) in [5, 5.41) is 12.2. The molecule has 122 valence electrons. The first-order valence-electron chi connectivity index (χ1n) is 7.65. The number of nitrogens with one attached hydrogen (secondary N) is 1. The van der Waals surface area contributed by atoms with Gasteiger partial charge in [-0.1, -0.05) is 6.07 Å². The van der Waals surface area contributed by atoms with Crippen molar-refractivity contribution in [2.75, 3.05) is 24.5 Å². The molecule has 23 heavy (non-hydrogen) atoms. The maximum Gasteiger partial charge on any atom is 0.0896 e. The molecule has 1 aliphatic heterocycles. The predicted molar refractivity (Wildman–Crippen MR) is 94.3 cm³/mol. The van der Waals surface area contributed by atoms with Gasteiger partial charge in [-0.15, -0.1) is 12.4 Å². The summed E-state index contributed by atoms with van der Waals surface area (Å²) >= 11 is 0. The fourth-order valence-electron chi connectivity index (χ4n) is 3.11. The Morgan fingerprint density at radius 1 is 1.13 bits per heavy atom. The summed E-state index contributed by atoms with van der Waals surface area (Å²) in [4.78, 5) is 2.41. The van der Waals surface area contributed by atoms with Crippen LogP contribution >= 0.6 is 12.4 Å². The minimum Gasteiger partial charge on any atom is -0.366 e. The lowest BCUT2D eigenvalue weighted by atomic mass is 10.1. The maximum atomic E-state index is 4.54. The molecule has 1 fully saturated rings. The lowest BCUT2D eigenvalue weighted by molar-refractivity contribution is 0.485. The van der Waals surface area contributed by atoms with Gasteiger partial charge < -0.3 is 10.2 Å². The van der Waals surface area contributed by atoms with Crippen molar-refractivity contribution in [3.8, 4) is 11.1 Å². The van der Waals surface area contributed by atoms with Crippen LogP contribution in [0.15, 0.2) is 36.9 Å². The van der Waals surface area contributed by atoms with E-state index in [-0.39, 0.29) is 12.4 Å². The van der Waals surface area contributed by atoms with Gasteiger partial charge in [0.25, 0.3) is 0 Å². The molecule has 3 aromatic heterocycles. The highest BCUT2D eigenvalue weighted by Gasteiger charge is 2.19. The molecule has 7 heteroatoms. The van der Waals surface area contributed by atoms with Crippen molar-refractivity contribution in [2.45, 2.75) is 13.0 Å². The number of pyridine rings is 1. The lowest BCUT2D eigenvalue weighted by Crippen LogP contribution is -2.49. The number of nitrogens with zero attached hydrogens (tertiary/aromatic N) is 5. The first kappa shape index (κ1) is 15.8. The van der Waals surface area contributed by atoms with E-state index in [1.54, 1.807) is 0 Å². The van der Waals surface area contributed by atoms with Crippen LogP contribution < -0.4 is 10.2 Å². The van der Waals surface area contributed by atoms with Crippen molar-refractivity contribution < 1.29 is 0 Å². The summed E-state index contributed by atoms with van der Waals surface area (Å²) in [6, 6.07) is 4.80. The summed E-state index contributed by atoms with van der Waals surface area (Å²) in [5.41, 5.74) is 4.61. The predicted octanol–water partition coefficient (Wildman–Crippen LogP) is 1.95. The van der Waals surface area contributed by atoms with Crippen LogP contribution in [-0.2, 0) is 7.05 Å². The summed E-state index contributed by atoms with van der Waals surface area (Å²) in [6.45, 7) is 5.28. The van der Waals surface area contributed by atoms with Gasteiger partial charge in [-0.05, 0) is 13.0 Å². The highest BCUT2D eigenvalue weighted by atomic mass is 35.5. The Morgan fingerprint density at radius 2 is 2.00 bits per heavy atom. The number of piperazine rings is 1. The number of anilines is 1. The van der Waals surface area contributed by atoms with Gasteiger partial charge in [-0.3, -0.25) is 4.68 Å². The van der Waals surface area contributed by atoms with Crippen LogP contribution in [0.4, 0.5) is 5.69 Å². The van der Waals surface area contributed by atoms with Crippen molar-refractivity contribution in [1.82, 2.24) is 24.7 Å². The van der Waals surface area contributed by atoms with Crippen LogP contribution in [-0.4, -0.2) is 45.1 Å². The van der Waals surface area contributed by atoms with E-state index in [1.165, 1.54) is 5.69 Å². The van der Waals surface area contributed by atoms with E-state index in [0.29, 0.717) is 6.04 Å². The topological polar surface area (TPSA) is 50.4 Å². The van der Waals surface area contributed by atoms with Crippen LogP contribution in [0, 0.1) is 0 Å². The van der Waals surface area contributed by atoms with Gasteiger partial charge in [0, 0.05) is 56.2 Å². The molecule has 0 spiro atoms. The van der Waals surface area contributed by atoms with Gasteiger partial charge in [0.1, 0.15) is 0 Å². The second-order valence-corrected chi connectivity index (χ2v) is 5.98. The Bertz CT molecular complexity index is 808. The quantitative estimate of drug-likeness (QED) is 0.779. The number of aromatic nitrogens is 4. The standard InChI is InChI=1S/C16H20N6.ClH/c1-12-9-21(6-5-17-12)16-8-19-22-11-13(3-4-15(16)22)14-7-18-20(2)10-14;/h3-4,7-8,10-12,17H,5-6,9H2,1-2H3;1H/t12-;/m1./s1. The second-order valence-electron chi connectivity index (χ2n) is 5.98. The smallest absolute Gasteiger partial charge is 0.0896 e. The Labute approximate surface area is 141 Å². The molecule has 4 heterocycles. The minimum atomic E-state index is 0. The summed E-state index contributed by atoms with van der Waals surface area (Å²) in [5.74, 6) is 0. The van der Waals surface area contributed by atoms with E-state index in [2.05, 4.69) is 45.7 Å². The molecule has 0 radical (unpaired) electrons. The number of halogens is 1. The summed E-state index contributed by atoms with van der Waals surface area (Å²) < 4.78 is 3.78. The fourth-order valence-corrected chi connectivity index (χ4v) is 3.11. The van der Waals surface area contributed by atoms with Crippen LogP contribution in [0.2, 0.25) is 0 Å². The van der Waals surface area contributed by atoms with Crippen molar-refractivity contribution >= 4 is 23.6 Å². The van der Waals surface area contributed by atoms with Gasteiger partial charge >= 0.3 is 0 Å². The molecule has 0 amide bonds. The monoisotopic (exact) mass is 332 g/mol. The zero-order chi connectivity index (χ0) is 15.1. The number of rotatable bonds is 2. The van der Waals surface area contributed by atoms with E-state index in [1.807, 2.05) is 34.8 Å². The fraction of sp³-hybridized carbons (Fsp3) is 0.375. The van der Waals surface area contributed by atoms with E-state index >= 15 is 0 Å². The second kappa shape index (κ2) is 6.22. The van der Waals surface area contributed by atoms with Crippen LogP contribution in [0.25, 0.3) is 16.6 Å². The van der Waals surface area contributed by atoms with Gasteiger partial charge in [-0.25, -0.2) is 4.52 Å². The first-order chi connectivity index (χ1) is 10.7. The zero-order valence-corrected chi connectivity index (χ0v) is 14.1. The highest BCUT2D eigenvalue weighted by molar-refractivity contribution is 5.85. The Kier molecular flexibility index (Phi) is 4.28. The van der Waals surface area contributed by atoms with E-state index < -0.39 is 0 Å². The molecule has 0 aliphatic carbocycles. The Hall–Kier alpha value is -2.05. The minimum absolute atomic E-state index is 0. The van der Waals surface area contributed by atoms with Gasteiger partial charge in [0.15, 0.2) is 0 Å². The van der Waals surface area contributed by atoms with Crippen molar-refractivity contribution in [1.29, 1.82) is 0 Å². The van der Waals surface area contributed by atoms with Crippen LogP contribution in [0.1, 0.15) is 6.92 Å². The average molecular weight is 333 g/mol. The van der Waals surface area contributed by atoms with Crippen molar-refractivity contribution in [3.63, 3.8) is 0 Å². The van der Waals surface area contributed by atoms with Gasteiger partial charge in [0.05, 0.1) is 23.6 Å². The molecule has 1 atom stereocenters. The lowest BCUT2D eigenvalue weighted by Gasteiger charge is -2.32. The molecule has 0 bridgehead atoms. The maximum absolute atomic E-state index is 4.54. The molecular formula is C16H21ClN6. The molecule has 0 aromatic carbocycles. The number of hydrogen-bond acceptors (Lipinski definition) is 4. The molecule has 0 unspecified atom stereocenters. The number of aryl methyl sites for hydroxylation is 1. The number of hydrogen-bond donors (Lipinski definition) is 1. The molecule has 4 rings (SSSR count).